The molecular weight excluding hydrogens is 194 g/mol. The van der Waals surface area contributed by atoms with E-state index in [4.69, 9.17) is 0 Å². The summed E-state index contributed by atoms with van der Waals surface area (Å²) >= 11 is 0. The molecule has 1 aromatic rings. The predicted octanol–water partition coefficient (Wildman–Crippen LogP) is 3.66. The zero-order valence-corrected chi connectivity index (χ0v) is 10.5. The van der Waals surface area contributed by atoms with Gasteiger partial charge in [-0.05, 0) is 31.2 Å². The van der Waals surface area contributed by atoms with Crippen LogP contribution in [0, 0.1) is 12.8 Å². The highest BCUT2D eigenvalue weighted by Gasteiger charge is 2.17. The molecule has 1 N–H and O–H groups in total. The van der Waals surface area contributed by atoms with Gasteiger partial charge in [0, 0.05) is 12.6 Å². The first-order chi connectivity index (χ1) is 7.74. The van der Waals surface area contributed by atoms with Gasteiger partial charge in [0.1, 0.15) is 0 Å². The normalized spacial score (nSPS) is 25.6. The van der Waals surface area contributed by atoms with Crippen LogP contribution in [0.4, 0.5) is 0 Å². The summed E-state index contributed by atoms with van der Waals surface area (Å²) in [5.41, 5.74) is 2.75. The van der Waals surface area contributed by atoms with Gasteiger partial charge in [-0.3, -0.25) is 0 Å². The van der Waals surface area contributed by atoms with Gasteiger partial charge < -0.3 is 5.32 Å². The Kier molecular flexibility index (Phi) is 4.00. The van der Waals surface area contributed by atoms with Crippen molar-refractivity contribution in [3.8, 4) is 0 Å². The molecule has 0 heterocycles. The van der Waals surface area contributed by atoms with Crippen LogP contribution in [0.2, 0.25) is 0 Å². The fourth-order valence-electron chi connectivity index (χ4n) is 2.59. The minimum atomic E-state index is 0.741. The van der Waals surface area contributed by atoms with Crippen LogP contribution in [0.5, 0.6) is 0 Å². The highest BCUT2D eigenvalue weighted by atomic mass is 14.9. The van der Waals surface area contributed by atoms with Crippen molar-refractivity contribution >= 4 is 0 Å². The van der Waals surface area contributed by atoms with Gasteiger partial charge in [-0.1, -0.05) is 49.6 Å². The molecule has 1 nitrogen and oxygen atoms in total. The maximum absolute atomic E-state index is 3.69. The second-order valence-electron chi connectivity index (χ2n) is 5.34. The van der Waals surface area contributed by atoms with Crippen molar-refractivity contribution in [3.63, 3.8) is 0 Å². The van der Waals surface area contributed by atoms with E-state index < -0.39 is 0 Å². The lowest BCUT2D eigenvalue weighted by molar-refractivity contribution is 0.300. The average Bonchev–Trinajstić information content (AvgIpc) is 2.28. The monoisotopic (exact) mass is 217 g/mol. The van der Waals surface area contributed by atoms with Crippen LogP contribution >= 0.6 is 0 Å². The fourth-order valence-corrected chi connectivity index (χ4v) is 2.59. The maximum Gasteiger partial charge on any atom is 0.0208 e. The smallest absolute Gasteiger partial charge is 0.0208 e. The highest BCUT2D eigenvalue weighted by molar-refractivity contribution is 5.21. The lowest BCUT2D eigenvalue weighted by Gasteiger charge is -2.27. The van der Waals surface area contributed by atoms with E-state index in [9.17, 15) is 0 Å². The molecule has 1 aromatic carbocycles. The third-order valence-electron chi connectivity index (χ3n) is 3.65. The molecule has 2 atom stereocenters. The summed E-state index contributed by atoms with van der Waals surface area (Å²) in [5, 5.41) is 3.69. The first-order valence-electron chi connectivity index (χ1n) is 6.53. The Balaban J connectivity index is 1.80. The van der Waals surface area contributed by atoms with E-state index in [-0.39, 0.29) is 0 Å². The Bertz CT molecular complexity index is 315. The lowest BCUT2D eigenvalue weighted by atomic mass is 9.87. The molecule has 2 rings (SSSR count). The number of nitrogens with one attached hydrogen (secondary N) is 1. The SMILES string of the molecule is Cc1ccc(CNC2CCCC(C)C2)cc1. The van der Waals surface area contributed by atoms with Gasteiger partial charge in [-0.25, -0.2) is 0 Å². The van der Waals surface area contributed by atoms with Crippen LogP contribution in [-0.4, -0.2) is 6.04 Å². The zero-order valence-electron chi connectivity index (χ0n) is 10.5. The average molecular weight is 217 g/mol. The molecule has 0 aromatic heterocycles. The quantitative estimate of drug-likeness (QED) is 0.814. The molecule has 1 heteroatoms. The van der Waals surface area contributed by atoms with Crippen molar-refractivity contribution in [3.05, 3.63) is 35.4 Å². The second kappa shape index (κ2) is 5.49. The van der Waals surface area contributed by atoms with Gasteiger partial charge in [0.25, 0.3) is 0 Å². The molecule has 2 unspecified atom stereocenters. The highest BCUT2D eigenvalue weighted by Crippen LogP contribution is 2.23. The van der Waals surface area contributed by atoms with E-state index in [1.54, 1.807) is 0 Å². The third kappa shape index (κ3) is 3.34. The topological polar surface area (TPSA) is 12.0 Å². The summed E-state index contributed by atoms with van der Waals surface area (Å²) in [5.74, 6) is 0.907. The molecule has 1 aliphatic carbocycles. The fraction of sp³-hybridized carbons (Fsp3) is 0.600. The van der Waals surface area contributed by atoms with Gasteiger partial charge in [0.15, 0.2) is 0 Å². The van der Waals surface area contributed by atoms with E-state index in [1.165, 1.54) is 36.8 Å². The van der Waals surface area contributed by atoms with Crippen molar-refractivity contribution in [1.82, 2.24) is 5.32 Å². The number of rotatable bonds is 3. The summed E-state index contributed by atoms with van der Waals surface area (Å²) in [6, 6.07) is 9.59. The molecule has 0 bridgehead atoms. The molecular formula is C15H23N. The molecule has 16 heavy (non-hydrogen) atoms. The van der Waals surface area contributed by atoms with Crippen molar-refractivity contribution in [2.24, 2.45) is 5.92 Å². The second-order valence-corrected chi connectivity index (χ2v) is 5.34. The minimum Gasteiger partial charge on any atom is -0.310 e. The summed E-state index contributed by atoms with van der Waals surface area (Å²) in [4.78, 5) is 0. The van der Waals surface area contributed by atoms with Crippen LogP contribution in [-0.2, 0) is 6.54 Å². The van der Waals surface area contributed by atoms with Gasteiger partial charge >= 0.3 is 0 Å². The Labute approximate surface area is 99.3 Å². The van der Waals surface area contributed by atoms with Crippen molar-refractivity contribution in [2.75, 3.05) is 0 Å². The van der Waals surface area contributed by atoms with E-state index >= 15 is 0 Å². The summed E-state index contributed by atoms with van der Waals surface area (Å²) in [6.45, 7) is 5.54. The summed E-state index contributed by atoms with van der Waals surface area (Å²) in [6.07, 6.45) is 5.53. The standard InChI is InChI=1S/C15H23N/c1-12-6-8-14(9-7-12)11-16-15-5-3-4-13(2)10-15/h6-9,13,15-16H,3-5,10-11H2,1-2H3. The Morgan fingerprint density at radius 2 is 1.94 bits per heavy atom. The van der Waals surface area contributed by atoms with Crippen molar-refractivity contribution < 1.29 is 0 Å². The Hall–Kier alpha value is -0.820. The number of hydrogen-bond acceptors (Lipinski definition) is 1. The molecule has 1 aliphatic rings. The predicted molar refractivity (Wildman–Crippen MR) is 69.4 cm³/mol. The largest absolute Gasteiger partial charge is 0.310 e. The Morgan fingerprint density at radius 3 is 2.62 bits per heavy atom. The van der Waals surface area contributed by atoms with Crippen molar-refractivity contribution in [1.29, 1.82) is 0 Å². The number of hydrogen-bond donors (Lipinski definition) is 1. The molecule has 88 valence electrons. The van der Waals surface area contributed by atoms with Gasteiger partial charge in [-0.2, -0.15) is 0 Å². The van der Waals surface area contributed by atoms with E-state index in [2.05, 4.69) is 43.4 Å². The molecule has 0 radical (unpaired) electrons. The van der Waals surface area contributed by atoms with Gasteiger partial charge in [-0.15, -0.1) is 0 Å². The van der Waals surface area contributed by atoms with E-state index in [0.717, 1.165) is 18.5 Å². The lowest BCUT2D eigenvalue weighted by Crippen LogP contribution is -2.33. The van der Waals surface area contributed by atoms with Crippen LogP contribution in [0.3, 0.4) is 0 Å². The van der Waals surface area contributed by atoms with E-state index in [1.807, 2.05) is 0 Å². The maximum atomic E-state index is 3.69. The first-order valence-corrected chi connectivity index (χ1v) is 6.53. The molecule has 0 amide bonds. The third-order valence-corrected chi connectivity index (χ3v) is 3.65. The summed E-state index contributed by atoms with van der Waals surface area (Å²) < 4.78 is 0. The Morgan fingerprint density at radius 1 is 1.19 bits per heavy atom. The van der Waals surface area contributed by atoms with E-state index in [0.29, 0.717) is 0 Å². The van der Waals surface area contributed by atoms with Crippen LogP contribution in [0.25, 0.3) is 0 Å². The number of benzene rings is 1. The molecule has 0 spiro atoms. The van der Waals surface area contributed by atoms with Gasteiger partial charge in [0.2, 0.25) is 0 Å². The first kappa shape index (κ1) is 11.7. The van der Waals surface area contributed by atoms with Crippen LogP contribution < -0.4 is 5.32 Å². The van der Waals surface area contributed by atoms with Crippen LogP contribution in [0.15, 0.2) is 24.3 Å². The van der Waals surface area contributed by atoms with Crippen LogP contribution in [0.1, 0.15) is 43.7 Å². The number of aryl methyl sites for hydroxylation is 1. The summed E-state index contributed by atoms with van der Waals surface area (Å²) in [7, 11) is 0. The molecule has 0 aliphatic heterocycles. The molecule has 0 saturated heterocycles. The zero-order chi connectivity index (χ0) is 11.4. The molecule has 1 saturated carbocycles. The molecule has 1 fully saturated rings. The van der Waals surface area contributed by atoms with Crippen molar-refractivity contribution in [2.45, 2.75) is 52.1 Å². The van der Waals surface area contributed by atoms with Gasteiger partial charge in [0.05, 0.1) is 0 Å². The minimum absolute atomic E-state index is 0.741.